The van der Waals surface area contributed by atoms with Gasteiger partial charge < -0.3 is 0 Å². The van der Waals surface area contributed by atoms with Crippen molar-refractivity contribution in [2.24, 2.45) is 11.8 Å². The number of rotatable bonds is 0. The van der Waals surface area contributed by atoms with Crippen LogP contribution < -0.4 is 0 Å². The zero-order valence-corrected chi connectivity index (χ0v) is 18.2. The topological polar surface area (TPSA) is 12.9 Å². The first-order chi connectivity index (χ1) is 14.4. The quantitative estimate of drug-likeness (QED) is 0.443. The Labute approximate surface area is 178 Å². The van der Waals surface area contributed by atoms with Gasteiger partial charge >= 0.3 is 0 Å². The van der Waals surface area contributed by atoms with Gasteiger partial charge in [0.25, 0.3) is 0 Å². The molecule has 2 aromatic rings. The van der Waals surface area contributed by atoms with Crippen LogP contribution in [-0.4, -0.2) is 4.98 Å². The van der Waals surface area contributed by atoms with Crippen molar-refractivity contribution in [3.05, 3.63) is 53.7 Å². The molecule has 2 aliphatic rings. The molecule has 1 heteroatoms. The zero-order chi connectivity index (χ0) is 19.7. The fourth-order valence-corrected chi connectivity index (χ4v) is 5.70. The SMILES string of the molecule is c1cc2cc(c1)-c1cc(ccn1)CCC1CCCC1CCCCCCCCCC2. The molecule has 1 fully saturated rings. The Bertz CT molecular complexity index is 749. The Hall–Kier alpha value is -1.63. The van der Waals surface area contributed by atoms with E-state index in [1.807, 2.05) is 6.20 Å². The molecule has 0 amide bonds. The molecule has 1 aromatic heterocycles. The summed E-state index contributed by atoms with van der Waals surface area (Å²) in [4.78, 5) is 4.70. The molecular formula is C28H39N. The molecule has 4 bridgehead atoms. The third kappa shape index (κ3) is 6.17. The van der Waals surface area contributed by atoms with Gasteiger partial charge in [0.1, 0.15) is 0 Å². The summed E-state index contributed by atoms with van der Waals surface area (Å²) in [5.41, 5.74) is 5.39. The van der Waals surface area contributed by atoms with Crippen LogP contribution in [0.4, 0.5) is 0 Å². The third-order valence-corrected chi connectivity index (χ3v) is 7.46. The molecule has 1 nitrogen and oxygen atoms in total. The summed E-state index contributed by atoms with van der Waals surface area (Å²) >= 11 is 0. The molecule has 0 N–H and O–H groups in total. The highest BCUT2D eigenvalue weighted by atomic mass is 14.7. The molecule has 156 valence electrons. The fraction of sp³-hybridized carbons (Fsp3) is 0.607. The molecule has 0 saturated heterocycles. The average molecular weight is 390 g/mol. The number of nitrogens with zero attached hydrogens (tertiary/aromatic N) is 1. The van der Waals surface area contributed by atoms with E-state index in [1.165, 1.54) is 113 Å². The minimum absolute atomic E-state index is 0.959. The lowest BCUT2D eigenvalue weighted by Crippen LogP contribution is -2.09. The Morgan fingerprint density at radius 1 is 0.586 bits per heavy atom. The molecule has 0 aliphatic heterocycles. The molecule has 4 rings (SSSR count). The van der Waals surface area contributed by atoms with Crippen molar-refractivity contribution in [1.29, 1.82) is 0 Å². The second-order valence-electron chi connectivity index (χ2n) is 9.61. The molecule has 1 aromatic carbocycles. The number of aryl methyl sites for hydroxylation is 2. The minimum Gasteiger partial charge on any atom is -0.256 e. The standard InChI is InChI=1S/C28H39N/c1-2-4-6-8-13-25-14-10-15-26(25)18-17-24-19-20-29-28(22-24)27-16-9-12-23(21-27)11-7-5-3-1/h9,12,16,19-22,25-26H,1-8,10-11,13-15,17-18H2. The smallest absolute Gasteiger partial charge is 0.0704 e. The van der Waals surface area contributed by atoms with Crippen molar-refractivity contribution in [3.8, 4) is 11.3 Å². The maximum Gasteiger partial charge on any atom is 0.0704 e. The van der Waals surface area contributed by atoms with Crippen molar-refractivity contribution in [1.82, 2.24) is 4.98 Å². The van der Waals surface area contributed by atoms with Gasteiger partial charge in [0.15, 0.2) is 0 Å². The summed E-state index contributed by atoms with van der Waals surface area (Å²) in [6.07, 6.45) is 23.1. The van der Waals surface area contributed by atoms with E-state index in [4.69, 9.17) is 4.98 Å². The van der Waals surface area contributed by atoms with Crippen LogP contribution in [0.3, 0.4) is 0 Å². The minimum atomic E-state index is 0.959. The van der Waals surface area contributed by atoms with Crippen LogP contribution in [-0.2, 0) is 12.8 Å². The lowest BCUT2D eigenvalue weighted by Gasteiger charge is -2.20. The zero-order valence-electron chi connectivity index (χ0n) is 18.2. The number of aromatic nitrogens is 1. The Balaban J connectivity index is 1.47. The van der Waals surface area contributed by atoms with Crippen molar-refractivity contribution in [2.75, 3.05) is 0 Å². The molecule has 0 spiro atoms. The Kier molecular flexibility index (Phi) is 7.79. The van der Waals surface area contributed by atoms with Crippen LogP contribution >= 0.6 is 0 Å². The van der Waals surface area contributed by atoms with Crippen LogP contribution in [0.2, 0.25) is 0 Å². The number of hydrogen-bond acceptors (Lipinski definition) is 1. The highest BCUT2D eigenvalue weighted by Gasteiger charge is 2.26. The first-order valence-corrected chi connectivity index (χ1v) is 12.4. The molecule has 29 heavy (non-hydrogen) atoms. The van der Waals surface area contributed by atoms with E-state index in [1.54, 1.807) is 0 Å². The van der Waals surface area contributed by atoms with E-state index in [9.17, 15) is 0 Å². The van der Waals surface area contributed by atoms with E-state index < -0.39 is 0 Å². The predicted octanol–water partition coefficient (Wildman–Crippen LogP) is 8.16. The van der Waals surface area contributed by atoms with E-state index in [2.05, 4.69) is 36.4 Å². The van der Waals surface area contributed by atoms with Gasteiger partial charge in [-0.05, 0) is 66.8 Å². The molecule has 0 radical (unpaired) electrons. The molecular weight excluding hydrogens is 350 g/mol. The van der Waals surface area contributed by atoms with Crippen molar-refractivity contribution in [2.45, 2.75) is 96.3 Å². The third-order valence-electron chi connectivity index (χ3n) is 7.46. The van der Waals surface area contributed by atoms with Crippen LogP contribution in [0.1, 0.15) is 94.6 Å². The van der Waals surface area contributed by atoms with Crippen LogP contribution in [0.15, 0.2) is 42.6 Å². The van der Waals surface area contributed by atoms with Crippen LogP contribution in [0.5, 0.6) is 0 Å². The highest BCUT2D eigenvalue weighted by Crippen LogP contribution is 2.38. The van der Waals surface area contributed by atoms with Crippen molar-refractivity contribution < 1.29 is 0 Å². The summed E-state index contributed by atoms with van der Waals surface area (Å²) in [5, 5.41) is 0. The second-order valence-corrected chi connectivity index (χ2v) is 9.61. The fourth-order valence-electron chi connectivity index (χ4n) is 5.70. The van der Waals surface area contributed by atoms with Crippen LogP contribution in [0, 0.1) is 11.8 Å². The lowest BCUT2D eigenvalue weighted by atomic mass is 9.86. The van der Waals surface area contributed by atoms with E-state index in [0.29, 0.717) is 0 Å². The van der Waals surface area contributed by atoms with Gasteiger partial charge in [-0.3, -0.25) is 4.98 Å². The summed E-state index contributed by atoms with van der Waals surface area (Å²) in [6.45, 7) is 0. The van der Waals surface area contributed by atoms with Gasteiger partial charge in [0.2, 0.25) is 0 Å². The van der Waals surface area contributed by atoms with Gasteiger partial charge in [0.05, 0.1) is 5.69 Å². The Morgan fingerprint density at radius 2 is 1.28 bits per heavy atom. The highest BCUT2D eigenvalue weighted by molar-refractivity contribution is 5.60. The molecule has 2 atom stereocenters. The van der Waals surface area contributed by atoms with Crippen molar-refractivity contribution >= 4 is 0 Å². The first kappa shape index (κ1) is 20.6. The normalized spacial score (nSPS) is 24.6. The maximum atomic E-state index is 4.70. The van der Waals surface area contributed by atoms with Gasteiger partial charge in [-0.2, -0.15) is 0 Å². The number of benzene rings is 1. The molecule has 1 heterocycles. The van der Waals surface area contributed by atoms with E-state index in [0.717, 1.165) is 17.5 Å². The van der Waals surface area contributed by atoms with Gasteiger partial charge in [-0.15, -0.1) is 0 Å². The lowest BCUT2D eigenvalue weighted by molar-refractivity contribution is 0.332. The molecule has 2 aliphatic carbocycles. The summed E-state index contributed by atoms with van der Waals surface area (Å²) in [5.74, 6) is 1.96. The van der Waals surface area contributed by atoms with Gasteiger partial charge in [-0.1, -0.05) is 88.8 Å². The number of pyridine rings is 1. The maximum absolute atomic E-state index is 4.70. The molecule has 2 unspecified atom stereocenters. The summed E-state index contributed by atoms with van der Waals surface area (Å²) < 4.78 is 0. The second kappa shape index (κ2) is 11.0. The largest absolute Gasteiger partial charge is 0.256 e. The number of hydrogen-bond donors (Lipinski definition) is 0. The summed E-state index contributed by atoms with van der Waals surface area (Å²) in [7, 11) is 0. The van der Waals surface area contributed by atoms with Gasteiger partial charge in [-0.25, -0.2) is 0 Å². The first-order valence-electron chi connectivity index (χ1n) is 12.4. The summed E-state index contributed by atoms with van der Waals surface area (Å²) in [6, 6.07) is 13.7. The molecule has 1 saturated carbocycles. The van der Waals surface area contributed by atoms with Crippen LogP contribution in [0.25, 0.3) is 11.3 Å². The van der Waals surface area contributed by atoms with E-state index >= 15 is 0 Å². The monoisotopic (exact) mass is 389 g/mol. The average Bonchev–Trinajstić information content (AvgIpc) is 3.21. The predicted molar refractivity (Wildman–Crippen MR) is 124 cm³/mol. The van der Waals surface area contributed by atoms with Gasteiger partial charge in [0, 0.05) is 11.8 Å². The Morgan fingerprint density at radius 3 is 2.14 bits per heavy atom. The van der Waals surface area contributed by atoms with E-state index in [-0.39, 0.29) is 0 Å². The van der Waals surface area contributed by atoms with Crippen molar-refractivity contribution in [3.63, 3.8) is 0 Å². The number of fused-ring (bicyclic) bond motifs is 6.